The predicted octanol–water partition coefficient (Wildman–Crippen LogP) is 4.74. The van der Waals surface area contributed by atoms with E-state index < -0.39 is 0 Å². The number of allylic oxidation sites excluding steroid dienone is 1. The van der Waals surface area contributed by atoms with E-state index in [0.717, 1.165) is 19.4 Å². The monoisotopic (exact) mass is 305 g/mol. The van der Waals surface area contributed by atoms with Crippen LogP contribution in [0.3, 0.4) is 0 Å². The van der Waals surface area contributed by atoms with Crippen LogP contribution in [0.2, 0.25) is 10.0 Å². The first kappa shape index (κ1) is 15.8. The second kappa shape index (κ2) is 6.81. The largest absolute Gasteiger partial charge is 0.310 e. The average molecular weight is 307 g/mol. The Bertz CT molecular complexity index is 453. The van der Waals surface area contributed by atoms with E-state index in [9.17, 15) is 0 Å². The van der Waals surface area contributed by atoms with Crippen LogP contribution in [0.25, 0.3) is 5.57 Å². The maximum atomic E-state index is 6.09. The molecule has 0 amide bonds. The van der Waals surface area contributed by atoms with Gasteiger partial charge in [0.2, 0.25) is 0 Å². The quantitative estimate of drug-likeness (QED) is 0.850. The molecule has 0 atom stereocenters. The normalized spacial score (nSPS) is 13.9. The van der Waals surface area contributed by atoms with Crippen LogP contribution in [-0.2, 0) is 6.42 Å². The average Bonchev–Trinajstić information content (AvgIpc) is 2.28. The molecule has 0 saturated heterocycles. The molecule has 0 radical (unpaired) electrons. The molecule has 0 aromatic heterocycles. The van der Waals surface area contributed by atoms with Crippen LogP contribution < -0.4 is 5.32 Å². The first-order chi connectivity index (χ1) is 8.08. The summed E-state index contributed by atoms with van der Waals surface area (Å²) in [7, 11) is 0. The molecule has 2 rings (SSSR count). The molecule has 4 heteroatoms. The lowest BCUT2D eigenvalue weighted by Crippen LogP contribution is -2.25. The van der Waals surface area contributed by atoms with Crippen molar-refractivity contribution in [1.82, 2.24) is 5.32 Å². The molecule has 100 valence electrons. The minimum atomic E-state index is 0. The zero-order valence-electron chi connectivity index (χ0n) is 10.6. The number of hydrogen-bond donors (Lipinski definition) is 1. The van der Waals surface area contributed by atoms with Gasteiger partial charge in [-0.2, -0.15) is 0 Å². The van der Waals surface area contributed by atoms with Gasteiger partial charge < -0.3 is 5.32 Å². The lowest BCUT2D eigenvalue weighted by Gasteiger charge is -2.20. The highest BCUT2D eigenvalue weighted by Gasteiger charge is 2.14. The predicted molar refractivity (Wildman–Crippen MR) is 83.1 cm³/mol. The summed E-state index contributed by atoms with van der Waals surface area (Å²) >= 11 is 12.1. The molecule has 0 bridgehead atoms. The fourth-order valence-electron chi connectivity index (χ4n) is 2.09. The fraction of sp³-hybridized carbons (Fsp3) is 0.429. The van der Waals surface area contributed by atoms with Crippen LogP contribution >= 0.6 is 35.6 Å². The summed E-state index contributed by atoms with van der Waals surface area (Å²) in [5.41, 5.74) is 3.89. The van der Waals surface area contributed by atoms with Crippen LogP contribution in [0.1, 0.15) is 31.4 Å². The molecule has 0 saturated carbocycles. The van der Waals surface area contributed by atoms with Crippen LogP contribution in [0.15, 0.2) is 18.2 Å². The first-order valence-corrected chi connectivity index (χ1v) is 6.74. The van der Waals surface area contributed by atoms with E-state index >= 15 is 0 Å². The summed E-state index contributed by atoms with van der Waals surface area (Å²) < 4.78 is 0. The maximum Gasteiger partial charge on any atom is 0.0598 e. The van der Waals surface area contributed by atoms with Gasteiger partial charge in [-0.05, 0) is 41.7 Å². The summed E-state index contributed by atoms with van der Waals surface area (Å²) in [6.45, 7) is 5.20. The van der Waals surface area contributed by atoms with Gasteiger partial charge in [0.1, 0.15) is 0 Å². The van der Waals surface area contributed by atoms with E-state index in [-0.39, 0.29) is 12.4 Å². The third kappa shape index (κ3) is 3.64. The van der Waals surface area contributed by atoms with Crippen LogP contribution in [0, 0.1) is 0 Å². The maximum absolute atomic E-state index is 6.09. The highest BCUT2D eigenvalue weighted by molar-refractivity contribution is 6.42. The third-order valence-electron chi connectivity index (χ3n) is 3.00. The topological polar surface area (TPSA) is 12.0 Å². The molecule has 0 unspecified atom stereocenters. The second-order valence-corrected chi connectivity index (χ2v) is 5.54. The van der Waals surface area contributed by atoms with Crippen molar-refractivity contribution in [2.45, 2.75) is 32.7 Å². The Morgan fingerprint density at radius 3 is 2.56 bits per heavy atom. The summed E-state index contributed by atoms with van der Waals surface area (Å²) in [5.74, 6) is 0. The lowest BCUT2D eigenvalue weighted by atomic mass is 9.90. The molecule has 0 fully saturated rings. The molecule has 18 heavy (non-hydrogen) atoms. The Labute approximate surface area is 125 Å². The SMILES string of the molecule is CC(C)NCC1=CCCc2cc(Cl)c(Cl)cc21.Cl. The number of nitrogens with one attached hydrogen (secondary N) is 1. The summed E-state index contributed by atoms with van der Waals surface area (Å²) in [6, 6.07) is 4.48. The standard InChI is InChI=1S/C14H17Cl2N.ClH/c1-9(2)17-8-11-5-3-4-10-6-13(15)14(16)7-12(10)11;/h5-7,9,17H,3-4,8H2,1-2H3;1H. The molecule has 0 heterocycles. The summed E-state index contributed by atoms with van der Waals surface area (Å²) in [5, 5.41) is 4.74. The Kier molecular flexibility index (Phi) is 6.00. The number of aryl methyl sites for hydroxylation is 1. The Balaban J connectivity index is 0.00000162. The van der Waals surface area contributed by atoms with Gasteiger partial charge in [0.25, 0.3) is 0 Å². The van der Waals surface area contributed by atoms with Crippen molar-refractivity contribution in [2.75, 3.05) is 6.54 Å². The van der Waals surface area contributed by atoms with Crippen molar-refractivity contribution >= 4 is 41.2 Å². The van der Waals surface area contributed by atoms with Gasteiger partial charge in [0.05, 0.1) is 10.0 Å². The third-order valence-corrected chi connectivity index (χ3v) is 3.72. The van der Waals surface area contributed by atoms with Crippen LogP contribution in [0.4, 0.5) is 0 Å². The van der Waals surface area contributed by atoms with Gasteiger partial charge in [0.15, 0.2) is 0 Å². The highest BCUT2D eigenvalue weighted by atomic mass is 35.5. The Hall–Kier alpha value is -0.210. The van der Waals surface area contributed by atoms with Gasteiger partial charge in [-0.3, -0.25) is 0 Å². The van der Waals surface area contributed by atoms with Crippen LogP contribution in [-0.4, -0.2) is 12.6 Å². The molecule has 0 aliphatic heterocycles. The Morgan fingerprint density at radius 2 is 1.89 bits per heavy atom. The summed E-state index contributed by atoms with van der Waals surface area (Å²) in [6.07, 6.45) is 4.43. The fourth-order valence-corrected chi connectivity index (χ4v) is 2.44. The molecule has 1 aliphatic rings. The molecule has 1 aliphatic carbocycles. The van der Waals surface area contributed by atoms with Crippen molar-refractivity contribution in [3.63, 3.8) is 0 Å². The second-order valence-electron chi connectivity index (χ2n) is 4.73. The minimum absolute atomic E-state index is 0. The van der Waals surface area contributed by atoms with E-state index in [2.05, 4.69) is 25.2 Å². The molecule has 1 N–H and O–H groups in total. The van der Waals surface area contributed by atoms with Crippen molar-refractivity contribution in [3.05, 3.63) is 39.4 Å². The number of hydrogen-bond acceptors (Lipinski definition) is 1. The van der Waals surface area contributed by atoms with Gasteiger partial charge >= 0.3 is 0 Å². The van der Waals surface area contributed by atoms with E-state index in [1.807, 2.05) is 12.1 Å². The van der Waals surface area contributed by atoms with Crippen LogP contribution in [0.5, 0.6) is 0 Å². The molecule has 1 aromatic carbocycles. The smallest absolute Gasteiger partial charge is 0.0598 e. The number of benzene rings is 1. The zero-order chi connectivity index (χ0) is 12.4. The van der Waals surface area contributed by atoms with Gasteiger partial charge in [-0.25, -0.2) is 0 Å². The minimum Gasteiger partial charge on any atom is -0.310 e. The van der Waals surface area contributed by atoms with Crippen molar-refractivity contribution in [1.29, 1.82) is 0 Å². The number of rotatable bonds is 3. The molecular weight excluding hydrogens is 289 g/mol. The van der Waals surface area contributed by atoms with Crippen molar-refractivity contribution in [2.24, 2.45) is 0 Å². The van der Waals surface area contributed by atoms with Gasteiger partial charge in [-0.15, -0.1) is 12.4 Å². The lowest BCUT2D eigenvalue weighted by molar-refractivity contribution is 0.636. The molecule has 0 spiro atoms. The van der Waals surface area contributed by atoms with Crippen molar-refractivity contribution in [3.8, 4) is 0 Å². The molecule has 1 nitrogen and oxygen atoms in total. The summed E-state index contributed by atoms with van der Waals surface area (Å²) in [4.78, 5) is 0. The number of fused-ring (bicyclic) bond motifs is 1. The van der Waals surface area contributed by atoms with Crippen molar-refractivity contribution < 1.29 is 0 Å². The first-order valence-electron chi connectivity index (χ1n) is 5.98. The number of halogens is 3. The molecular formula is C14H18Cl3N. The Morgan fingerprint density at radius 1 is 1.22 bits per heavy atom. The zero-order valence-corrected chi connectivity index (χ0v) is 12.9. The van der Waals surface area contributed by atoms with Gasteiger partial charge in [-0.1, -0.05) is 43.1 Å². The van der Waals surface area contributed by atoms with E-state index in [1.54, 1.807) is 0 Å². The molecule has 1 aromatic rings. The van der Waals surface area contributed by atoms with E-state index in [1.165, 1.54) is 16.7 Å². The van der Waals surface area contributed by atoms with Gasteiger partial charge in [0, 0.05) is 12.6 Å². The van der Waals surface area contributed by atoms with E-state index in [4.69, 9.17) is 23.2 Å². The van der Waals surface area contributed by atoms with E-state index in [0.29, 0.717) is 16.1 Å². The highest BCUT2D eigenvalue weighted by Crippen LogP contribution is 2.33.